The van der Waals surface area contributed by atoms with Crippen molar-refractivity contribution < 1.29 is 14.3 Å². The van der Waals surface area contributed by atoms with Gasteiger partial charge in [-0.2, -0.15) is 0 Å². The number of ether oxygens (including phenoxy) is 1. The molecule has 4 aliphatic carbocycles. The maximum absolute atomic E-state index is 12.9. The number of benzene rings is 1. The largest absolute Gasteiger partial charge is 0.497 e. The molecular weight excluding hydrogens is 340 g/mol. The Labute approximate surface area is 160 Å². The van der Waals surface area contributed by atoms with Crippen molar-refractivity contribution >= 4 is 17.5 Å². The second-order valence-corrected chi connectivity index (χ2v) is 9.32. The lowest BCUT2D eigenvalue weighted by molar-refractivity contribution is -0.121. The zero-order valence-corrected chi connectivity index (χ0v) is 15.9. The van der Waals surface area contributed by atoms with E-state index < -0.39 is 0 Å². The highest BCUT2D eigenvalue weighted by atomic mass is 16.5. The van der Waals surface area contributed by atoms with Crippen LogP contribution in [0.15, 0.2) is 24.3 Å². The van der Waals surface area contributed by atoms with E-state index in [0.29, 0.717) is 16.9 Å². The number of imide groups is 1. The van der Waals surface area contributed by atoms with Gasteiger partial charge in [-0.05, 0) is 86.0 Å². The number of nitrogens with zero attached hydrogens (tertiary/aromatic N) is 1. The van der Waals surface area contributed by atoms with Gasteiger partial charge in [0, 0.05) is 6.54 Å². The Morgan fingerprint density at radius 2 is 1.63 bits per heavy atom. The minimum Gasteiger partial charge on any atom is -0.497 e. The lowest BCUT2D eigenvalue weighted by Gasteiger charge is -2.57. The van der Waals surface area contributed by atoms with E-state index in [-0.39, 0.29) is 24.3 Å². The van der Waals surface area contributed by atoms with Gasteiger partial charge in [0.1, 0.15) is 5.75 Å². The van der Waals surface area contributed by atoms with Gasteiger partial charge in [0.15, 0.2) is 0 Å². The minimum absolute atomic E-state index is 0.116. The van der Waals surface area contributed by atoms with Gasteiger partial charge < -0.3 is 10.1 Å². The number of hydrogen-bond acceptors (Lipinski definition) is 4. The molecule has 0 spiro atoms. The molecule has 1 aromatic carbocycles. The quantitative estimate of drug-likeness (QED) is 0.811. The van der Waals surface area contributed by atoms with Crippen molar-refractivity contribution in [1.82, 2.24) is 5.32 Å². The average molecular weight is 368 g/mol. The monoisotopic (exact) mass is 368 g/mol. The third-order valence-corrected chi connectivity index (χ3v) is 7.37. The molecule has 5 nitrogen and oxygen atoms in total. The van der Waals surface area contributed by atoms with Gasteiger partial charge in [0.25, 0.3) is 5.91 Å². The molecule has 0 radical (unpaired) electrons. The molecule has 144 valence electrons. The van der Waals surface area contributed by atoms with Gasteiger partial charge in [-0.3, -0.25) is 9.59 Å². The highest BCUT2D eigenvalue weighted by molar-refractivity contribution is 6.22. The third-order valence-electron chi connectivity index (χ3n) is 7.37. The van der Waals surface area contributed by atoms with E-state index in [0.717, 1.165) is 24.3 Å². The van der Waals surface area contributed by atoms with Crippen LogP contribution in [-0.4, -0.2) is 31.5 Å². The van der Waals surface area contributed by atoms with Crippen LogP contribution in [0.2, 0.25) is 0 Å². The maximum atomic E-state index is 12.9. The summed E-state index contributed by atoms with van der Waals surface area (Å²) in [4.78, 5) is 26.7. The first-order chi connectivity index (χ1) is 13.0. The highest BCUT2D eigenvalue weighted by Gasteiger charge is 2.51. The predicted molar refractivity (Wildman–Crippen MR) is 102 cm³/mol. The summed E-state index contributed by atoms with van der Waals surface area (Å²) in [6, 6.07) is 6.73. The van der Waals surface area contributed by atoms with Gasteiger partial charge in [-0.15, -0.1) is 0 Å². The van der Waals surface area contributed by atoms with Crippen LogP contribution in [0.1, 0.15) is 44.9 Å². The Bertz CT molecular complexity index is 722. The van der Waals surface area contributed by atoms with Crippen LogP contribution in [0.25, 0.3) is 0 Å². The second-order valence-electron chi connectivity index (χ2n) is 9.32. The van der Waals surface area contributed by atoms with E-state index in [1.54, 1.807) is 31.4 Å². The normalized spacial score (nSPS) is 37.3. The molecule has 5 aliphatic rings. The summed E-state index contributed by atoms with van der Waals surface area (Å²) in [5.74, 6) is 3.18. The first-order valence-electron chi connectivity index (χ1n) is 10.3. The topological polar surface area (TPSA) is 58.6 Å². The van der Waals surface area contributed by atoms with Gasteiger partial charge in [-0.1, -0.05) is 0 Å². The fraction of sp³-hybridized carbons (Fsp3) is 0.636. The van der Waals surface area contributed by atoms with Crippen molar-refractivity contribution in [3.8, 4) is 5.75 Å². The van der Waals surface area contributed by atoms with Crippen molar-refractivity contribution in [2.45, 2.75) is 51.0 Å². The van der Waals surface area contributed by atoms with Crippen LogP contribution in [0.5, 0.6) is 5.75 Å². The summed E-state index contributed by atoms with van der Waals surface area (Å²) >= 11 is 0. The van der Waals surface area contributed by atoms with Crippen LogP contribution in [-0.2, 0) is 9.59 Å². The molecule has 0 aromatic heterocycles. The standard InChI is InChI=1S/C22H28N2O3/c1-27-18-4-2-17(3-5-18)24-20(25)9-19(21(24)26)23-13-22-10-14-6-15(11-22)8-16(7-14)12-22/h2-5,14-16,19,23H,6-13H2,1H3/t14?,15?,16?,19-,22?/m1/s1. The average Bonchev–Trinajstić information content (AvgIpc) is 2.93. The molecule has 1 aromatic rings. The number of carbonyl (C=O) groups is 2. The van der Waals surface area contributed by atoms with E-state index in [4.69, 9.17) is 4.74 Å². The summed E-state index contributed by atoms with van der Waals surface area (Å²) in [5, 5.41) is 3.50. The first-order valence-corrected chi connectivity index (χ1v) is 10.3. The summed E-state index contributed by atoms with van der Waals surface area (Å²) in [7, 11) is 1.60. The Hall–Kier alpha value is -1.88. The number of amides is 2. The molecule has 0 unspecified atom stereocenters. The van der Waals surface area contributed by atoms with Crippen molar-refractivity contribution in [3.63, 3.8) is 0 Å². The van der Waals surface area contributed by atoms with Gasteiger partial charge >= 0.3 is 0 Å². The smallest absolute Gasteiger partial charge is 0.251 e. The SMILES string of the molecule is COc1ccc(N2C(=O)C[C@@H](NCC34CC5CC(CC(C5)C3)C4)C2=O)cc1. The van der Waals surface area contributed by atoms with E-state index >= 15 is 0 Å². The molecule has 27 heavy (non-hydrogen) atoms. The zero-order valence-electron chi connectivity index (χ0n) is 15.9. The van der Waals surface area contributed by atoms with Crippen LogP contribution in [0, 0.1) is 23.2 Å². The molecule has 1 aliphatic heterocycles. The van der Waals surface area contributed by atoms with Crippen molar-refractivity contribution in [1.29, 1.82) is 0 Å². The van der Waals surface area contributed by atoms with Gasteiger partial charge in [0.05, 0.1) is 25.3 Å². The van der Waals surface area contributed by atoms with Crippen LogP contribution < -0.4 is 15.0 Å². The van der Waals surface area contributed by atoms with Gasteiger partial charge in [-0.25, -0.2) is 4.90 Å². The molecule has 4 saturated carbocycles. The molecule has 2 amide bonds. The summed E-state index contributed by atoms with van der Waals surface area (Å²) < 4.78 is 5.16. The van der Waals surface area contributed by atoms with Crippen molar-refractivity contribution in [3.05, 3.63) is 24.3 Å². The van der Waals surface area contributed by atoms with Crippen LogP contribution >= 0.6 is 0 Å². The Morgan fingerprint density at radius 1 is 1.04 bits per heavy atom. The molecule has 1 saturated heterocycles. The molecule has 1 atom stereocenters. The summed E-state index contributed by atoms with van der Waals surface area (Å²) in [6.07, 6.45) is 8.45. The van der Waals surface area contributed by atoms with Crippen molar-refractivity contribution in [2.24, 2.45) is 23.2 Å². The fourth-order valence-electron chi connectivity index (χ4n) is 6.64. The molecule has 1 heterocycles. The zero-order chi connectivity index (χ0) is 18.6. The Balaban J connectivity index is 1.26. The molecule has 6 rings (SSSR count). The van der Waals surface area contributed by atoms with Crippen LogP contribution in [0.4, 0.5) is 5.69 Å². The van der Waals surface area contributed by atoms with Gasteiger partial charge in [0.2, 0.25) is 5.91 Å². The number of carbonyl (C=O) groups excluding carboxylic acids is 2. The Morgan fingerprint density at radius 3 is 2.19 bits per heavy atom. The lowest BCUT2D eigenvalue weighted by atomic mass is 9.49. The molecule has 5 fully saturated rings. The van der Waals surface area contributed by atoms with E-state index in [1.165, 1.54) is 43.4 Å². The number of hydrogen-bond donors (Lipinski definition) is 1. The molecular formula is C22H28N2O3. The number of nitrogens with one attached hydrogen (secondary N) is 1. The predicted octanol–water partition coefficient (Wildman–Crippen LogP) is 3.13. The second kappa shape index (κ2) is 6.33. The first kappa shape index (κ1) is 17.2. The summed E-state index contributed by atoms with van der Waals surface area (Å²) in [6.45, 7) is 0.886. The third kappa shape index (κ3) is 2.96. The van der Waals surface area contributed by atoms with Crippen LogP contribution in [0.3, 0.4) is 0 Å². The van der Waals surface area contributed by atoms with E-state index in [2.05, 4.69) is 5.32 Å². The number of methoxy groups -OCH3 is 1. The van der Waals surface area contributed by atoms with Crippen molar-refractivity contribution in [2.75, 3.05) is 18.6 Å². The summed E-state index contributed by atoms with van der Waals surface area (Å²) in [5.41, 5.74) is 0.996. The van der Waals surface area contributed by atoms with E-state index in [1.807, 2.05) is 0 Å². The number of rotatable bonds is 5. The molecule has 4 bridgehead atoms. The molecule has 5 heteroatoms. The number of anilines is 1. The highest BCUT2D eigenvalue weighted by Crippen LogP contribution is 2.59. The lowest BCUT2D eigenvalue weighted by Crippen LogP contribution is -2.52. The fourth-order valence-corrected chi connectivity index (χ4v) is 6.64. The minimum atomic E-state index is -0.382. The van der Waals surface area contributed by atoms with E-state index in [9.17, 15) is 9.59 Å². The Kier molecular flexibility index (Phi) is 4.04. The maximum Gasteiger partial charge on any atom is 0.251 e. The molecule has 1 N–H and O–H groups in total.